The number of hydrogen-bond acceptors (Lipinski definition) is 6. The summed E-state index contributed by atoms with van der Waals surface area (Å²) in [4.78, 5) is 29.5. The van der Waals surface area contributed by atoms with Gasteiger partial charge >= 0.3 is 5.69 Å². The molecule has 1 aliphatic heterocycles. The predicted molar refractivity (Wildman–Crippen MR) is 105 cm³/mol. The quantitative estimate of drug-likeness (QED) is 0.585. The van der Waals surface area contributed by atoms with E-state index >= 15 is 0 Å². The maximum absolute atomic E-state index is 13.0. The van der Waals surface area contributed by atoms with Gasteiger partial charge in [-0.15, -0.1) is 0 Å². The topological polar surface area (TPSA) is 141 Å². The van der Waals surface area contributed by atoms with E-state index in [9.17, 15) is 18.0 Å². The Hall–Kier alpha value is -2.92. The van der Waals surface area contributed by atoms with E-state index in [4.69, 9.17) is 4.52 Å². The van der Waals surface area contributed by atoms with E-state index in [2.05, 4.69) is 20.4 Å². The van der Waals surface area contributed by atoms with E-state index < -0.39 is 15.9 Å². The molecule has 1 aliphatic rings. The number of sulfonamides is 1. The van der Waals surface area contributed by atoms with Gasteiger partial charge in [-0.05, 0) is 44.9 Å². The maximum Gasteiger partial charge on any atom is 0.323 e. The Labute approximate surface area is 166 Å². The highest BCUT2D eigenvalue weighted by Crippen LogP contribution is 2.28. The zero-order valence-electron chi connectivity index (χ0n) is 16.0. The average Bonchev–Trinajstić information content (AvgIpc) is 3.22. The summed E-state index contributed by atoms with van der Waals surface area (Å²) in [6.07, 6.45) is 1.16. The third-order valence-corrected chi connectivity index (χ3v) is 7.21. The number of nitrogens with one attached hydrogen (secondary N) is 3. The van der Waals surface area contributed by atoms with E-state index in [-0.39, 0.29) is 28.8 Å². The fourth-order valence-corrected chi connectivity index (χ4v) is 5.52. The van der Waals surface area contributed by atoms with Gasteiger partial charge in [0.15, 0.2) is 5.76 Å². The molecule has 1 saturated heterocycles. The Morgan fingerprint density at radius 1 is 1.28 bits per heavy atom. The third-order valence-electron chi connectivity index (χ3n) is 5.10. The predicted octanol–water partition coefficient (Wildman–Crippen LogP) is 1.50. The van der Waals surface area contributed by atoms with Crippen LogP contribution < -0.4 is 11.0 Å². The van der Waals surface area contributed by atoms with Gasteiger partial charge in [0.2, 0.25) is 15.9 Å². The normalized spacial score (nSPS) is 18.2. The van der Waals surface area contributed by atoms with Crippen molar-refractivity contribution in [3.05, 3.63) is 40.1 Å². The molecule has 0 spiro atoms. The van der Waals surface area contributed by atoms with Gasteiger partial charge in [0.1, 0.15) is 10.6 Å². The van der Waals surface area contributed by atoms with Crippen LogP contribution in [0.3, 0.4) is 0 Å². The van der Waals surface area contributed by atoms with E-state index in [1.54, 1.807) is 32.0 Å². The summed E-state index contributed by atoms with van der Waals surface area (Å²) >= 11 is 0. The molecular weight excluding hydrogens is 398 g/mol. The molecule has 1 atom stereocenters. The number of anilines is 1. The molecule has 11 heteroatoms. The number of aromatic nitrogens is 3. The minimum Gasteiger partial charge on any atom is -0.360 e. The number of carbonyl (C=O) groups excluding carboxylic acids is 1. The second-order valence-electron chi connectivity index (χ2n) is 7.18. The Bertz CT molecular complexity index is 1220. The van der Waals surface area contributed by atoms with Gasteiger partial charge in [0.25, 0.3) is 0 Å². The molecule has 0 aliphatic carbocycles. The van der Waals surface area contributed by atoms with Crippen LogP contribution in [0.2, 0.25) is 0 Å². The van der Waals surface area contributed by atoms with Crippen LogP contribution in [0.15, 0.2) is 32.4 Å². The smallest absolute Gasteiger partial charge is 0.323 e. The van der Waals surface area contributed by atoms with Crippen molar-refractivity contribution in [2.45, 2.75) is 31.6 Å². The Morgan fingerprint density at radius 2 is 2.03 bits per heavy atom. The molecule has 3 aromatic rings. The number of H-pyrrole nitrogens is 2. The van der Waals surface area contributed by atoms with E-state index in [1.807, 2.05) is 0 Å². The van der Waals surface area contributed by atoms with Crippen LogP contribution >= 0.6 is 0 Å². The number of amides is 1. The SMILES string of the molecule is Cc1noc(C)c1S(=O)(=O)N1CCCC(C(=O)Nc2ccc3[nH]c(=O)[nH]c3c2)C1. The molecule has 10 nitrogen and oxygen atoms in total. The number of aryl methyl sites for hydroxylation is 2. The Morgan fingerprint density at radius 3 is 2.76 bits per heavy atom. The number of piperidine rings is 1. The summed E-state index contributed by atoms with van der Waals surface area (Å²) in [6.45, 7) is 3.57. The first-order valence-electron chi connectivity index (χ1n) is 9.21. The molecule has 1 fully saturated rings. The summed E-state index contributed by atoms with van der Waals surface area (Å²) in [7, 11) is -3.79. The number of nitrogens with zero attached hydrogens (tertiary/aromatic N) is 2. The monoisotopic (exact) mass is 419 g/mol. The highest BCUT2D eigenvalue weighted by atomic mass is 32.2. The summed E-state index contributed by atoms with van der Waals surface area (Å²) in [5.41, 5.74) is 1.74. The lowest BCUT2D eigenvalue weighted by atomic mass is 9.98. The van der Waals surface area contributed by atoms with Crippen molar-refractivity contribution < 1.29 is 17.7 Å². The number of hydrogen-bond donors (Lipinski definition) is 3. The molecule has 29 heavy (non-hydrogen) atoms. The third kappa shape index (κ3) is 3.58. The lowest BCUT2D eigenvalue weighted by molar-refractivity contribution is -0.120. The largest absolute Gasteiger partial charge is 0.360 e. The van der Waals surface area contributed by atoms with Crippen molar-refractivity contribution >= 4 is 32.7 Å². The first-order chi connectivity index (χ1) is 13.8. The molecule has 3 N–H and O–H groups in total. The second kappa shape index (κ2) is 7.16. The van der Waals surface area contributed by atoms with Crippen LogP contribution in [-0.4, -0.2) is 46.8 Å². The van der Waals surface area contributed by atoms with Crippen LogP contribution in [-0.2, 0) is 14.8 Å². The fraction of sp³-hybridized carbons (Fsp3) is 0.389. The fourth-order valence-electron chi connectivity index (χ4n) is 3.70. The van der Waals surface area contributed by atoms with Gasteiger partial charge in [-0.2, -0.15) is 4.31 Å². The average molecular weight is 419 g/mol. The number of carbonyl (C=O) groups is 1. The molecule has 1 aromatic carbocycles. The van der Waals surface area contributed by atoms with Crippen molar-refractivity contribution in [2.24, 2.45) is 5.92 Å². The summed E-state index contributed by atoms with van der Waals surface area (Å²) in [6, 6.07) is 5.04. The zero-order valence-corrected chi connectivity index (χ0v) is 16.8. The lowest BCUT2D eigenvalue weighted by Gasteiger charge is -2.31. The summed E-state index contributed by atoms with van der Waals surface area (Å²) < 4.78 is 32.4. The molecule has 1 unspecified atom stereocenters. The number of fused-ring (bicyclic) bond motifs is 1. The highest BCUT2D eigenvalue weighted by molar-refractivity contribution is 7.89. The van der Waals surface area contributed by atoms with Gasteiger partial charge in [0, 0.05) is 18.8 Å². The van der Waals surface area contributed by atoms with Crippen molar-refractivity contribution in [3.8, 4) is 0 Å². The van der Waals surface area contributed by atoms with E-state index in [1.165, 1.54) is 4.31 Å². The van der Waals surface area contributed by atoms with Crippen LogP contribution in [0.25, 0.3) is 11.0 Å². The lowest BCUT2D eigenvalue weighted by Crippen LogP contribution is -2.43. The molecule has 1 amide bonds. The van der Waals surface area contributed by atoms with Crippen molar-refractivity contribution in [1.82, 2.24) is 19.4 Å². The highest BCUT2D eigenvalue weighted by Gasteiger charge is 2.36. The second-order valence-corrected chi connectivity index (χ2v) is 9.06. The Kier molecular flexibility index (Phi) is 4.79. The number of imidazole rings is 1. The Balaban J connectivity index is 1.51. The minimum atomic E-state index is -3.79. The van der Waals surface area contributed by atoms with Crippen LogP contribution in [0.5, 0.6) is 0 Å². The minimum absolute atomic E-state index is 0.0698. The van der Waals surface area contributed by atoms with Gasteiger partial charge in [-0.25, -0.2) is 13.2 Å². The van der Waals surface area contributed by atoms with Crippen molar-refractivity contribution in [2.75, 3.05) is 18.4 Å². The molecule has 0 saturated carbocycles. The summed E-state index contributed by atoms with van der Waals surface area (Å²) in [5.74, 6) is -0.510. The van der Waals surface area contributed by atoms with Crippen LogP contribution in [0, 0.1) is 19.8 Å². The van der Waals surface area contributed by atoms with Crippen LogP contribution in [0.1, 0.15) is 24.3 Å². The number of aromatic amines is 2. The standard InChI is InChI=1S/C18H21N5O5S/c1-10-16(11(2)28-22-10)29(26,27)23-7-3-4-12(9-23)17(24)19-13-5-6-14-15(8-13)21-18(25)20-14/h5-6,8,12H,3-4,7,9H2,1-2H3,(H,19,24)(H2,20,21,25). The van der Waals surface area contributed by atoms with Gasteiger partial charge in [0.05, 0.1) is 17.0 Å². The number of benzene rings is 1. The van der Waals surface area contributed by atoms with Crippen LogP contribution in [0.4, 0.5) is 5.69 Å². The van der Waals surface area contributed by atoms with Gasteiger partial charge in [-0.1, -0.05) is 5.16 Å². The van der Waals surface area contributed by atoms with Crippen molar-refractivity contribution in [1.29, 1.82) is 0 Å². The molecule has 0 radical (unpaired) electrons. The zero-order chi connectivity index (χ0) is 20.8. The molecule has 0 bridgehead atoms. The molecule has 2 aromatic heterocycles. The molecule has 3 heterocycles. The molecule has 154 valence electrons. The van der Waals surface area contributed by atoms with Gasteiger partial charge < -0.3 is 19.8 Å². The van der Waals surface area contributed by atoms with E-state index in [0.29, 0.717) is 41.8 Å². The first-order valence-corrected chi connectivity index (χ1v) is 10.7. The summed E-state index contributed by atoms with van der Waals surface area (Å²) in [5, 5.41) is 6.54. The molecule has 4 rings (SSSR count). The van der Waals surface area contributed by atoms with E-state index in [0.717, 1.165) is 0 Å². The maximum atomic E-state index is 13.0. The molecular formula is C18H21N5O5S. The van der Waals surface area contributed by atoms with Crippen molar-refractivity contribution in [3.63, 3.8) is 0 Å². The van der Waals surface area contributed by atoms with Gasteiger partial charge in [-0.3, -0.25) is 4.79 Å². The first kappa shape index (κ1) is 19.4. The number of rotatable bonds is 4.